The van der Waals surface area contributed by atoms with Gasteiger partial charge in [0.2, 0.25) is 65.0 Å². The van der Waals surface area contributed by atoms with E-state index in [4.69, 9.17) is 45.9 Å². The van der Waals surface area contributed by atoms with Crippen molar-refractivity contribution in [1.29, 1.82) is 0 Å². The number of nitrogens with two attached hydrogens (primary N) is 8. The second kappa shape index (κ2) is 33.5. The van der Waals surface area contributed by atoms with E-state index in [0.717, 1.165) is 11.8 Å². The molecule has 0 spiro atoms. The average molecular weight is 1170 g/mol. The molecule has 34 heteroatoms. The predicted octanol–water partition coefficient (Wildman–Crippen LogP) is -8.61. The highest BCUT2D eigenvalue weighted by Gasteiger charge is 2.41. The normalized spacial score (nSPS) is 16.1. The number of hydrogen-bond acceptors (Lipinski definition) is 17. The largest absolute Gasteiger partial charge is 0.480 e. The van der Waals surface area contributed by atoms with Crippen LogP contribution in [-0.2, 0) is 64.0 Å². The number of carboxylic acids is 1. The first-order valence-corrected chi connectivity index (χ1v) is 26.3. The Morgan fingerprint density at radius 3 is 1.69 bits per heavy atom. The van der Waals surface area contributed by atoms with E-state index in [2.05, 4.69) is 52.2 Å². The third-order valence-electron chi connectivity index (χ3n) is 13.0. The lowest BCUT2D eigenvalue weighted by atomic mass is 10.0. The van der Waals surface area contributed by atoms with Crippen LogP contribution in [0, 0.1) is 0 Å². The van der Waals surface area contributed by atoms with Gasteiger partial charge in [0.05, 0.1) is 25.2 Å². The minimum Gasteiger partial charge on any atom is -0.480 e. The van der Waals surface area contributed by atoms with E-state index in [1.54, 1.807) is 30.5 Å². The molecule has 0 bridgehead atoms. The minimum absolute atomic E-state index is 0.00395. The lowest BCUT2D eigenvalue weighted by molar-refractivity contribution is -0.145. The second-order valence-corrected chi connectivity index (χ2v) is 19.6. The lowest BCUT2D eigenvalue weighted by Gasteiger charge is -2.31. The molecular weight excluding hydrogens is 1090 g/mol. The van der Waals surface area contributed by atoms with Crippen LogP contribution in [0.5, 0.6) is 0 Å². The summed E-state index contributed by atoms with van der Waals surface area (Å²) in [6, 6.07) is -7.41. The first-order valence-electron chi connectivity index (χ1n) is 26.3. The summed E-state index contributed by atoms with van der Waals surface area (Å²) in [5, 5.41) is 47.3. The summed E-state index contributed by atoms with van der Waals surface area (Å²) in [4.78, 5) is 171. The topological polar surface area (TPSA) is 602 Å². The van der Waals surface area contributed by atoms with Gasteiger partial charge in [0.1, 0.15) is 42.3 Å². The Morgan fingerprint density at radius 1 is 0.639 bits per heavy atom. The van der Waals surface area contributed by atoms with E-state index in [1.165, 1.54) is 0 Å². The van der Waals surface area contributed by atoms with Crippen LogP contribution in [0.15, 0.2) is 40.4 Å². The van der Waals surface area contributed by atoms with Crippen molar-refractivity contribution in [2.45, 2.75) is 144 Å². The number of amides is 11. The zero-order valence-corrected chi connectivity index (χ0v) is 45.7. The number of aliphatic hydroxyl groups excluding tert-OH is 2. The number of aromatic amines is 1. The van der Waals surface area contributed by atoms with Crippen molar-refractivity contribution in [1.82, 2.24) is 47.1 Å². The molecule has 11 amide bonds. The Bertz CT molecular complexity index is 2710. The van der Waals surface area contributed by atoms with Gasteiger partial charge in [-0.1, -0.05) is 18.2 Å². The summed E-state index contributed by atoms with van der Waals surface area (Å²) in [5.41, 5.74) is 44.7. The predicted molar refractivity (Wildman–Crippen MR) is 295 cm³/mol. The van der Waals surface area contributed by atoms with Crippen molar-refractivity contribution < 1.29 is 72.9 Å². The van der Waals surface area contributed by atoms with E-state index < -0.39 is 151 Å². The van der Waals surface area contributed by atoms with Crippen molar-refractivity contribution in [3.63, 3.8) is 0 Å². The number of aliphatic imine (C=N–C) groups is 2. The number of carboxylic acid groups (broad SMARTS) is 1. The highest BCUT2D eigenvalue weighted by molar-refractivity contribution is 6.00. The number of aliphatic hydroxyl groups is 2. The van der Waals surface area contributed by atoms with Crippen molar-refractivity contribution >= 4 is 93.8 Å². The van der Waals surface area contributed by atoms with Crippen molar-refractivity contribution in [2.75, 3.05) is 26.2 Å². The van der Waals surface area contributed by atoms with Crippen molar-refractivity contribution in [2.24, 2.45) is 55.9 Å². The lowest BCUT2D eigenvalue weighted by Crippen LogP contribution is -2.61. The molecule has 1 aliphatic heterocycles. The quantitative estimate of drug-likeness (QED) is 0.0171. The summed E-state index contributed by atoms with van der Waals surface area (Å²) in [5.74, 6) is -13.1. The number of nitrogens with one attached hydrogen (secondary N) is 8. The van der Waals surface area contributed by atoms with Crippen LogP contribution < -0.4 is 83.1 Å². The third kappa shape index (κ3) is 22.7. The number of nitrogens with zero attached hydrogens (tertiary/aromatic N) is 3. The van der Waals surface area contributed by atoms with E-state index in [9.17, 15) is 72.9 Å². The fourth-order valence-electron chi connectivity index (χ4n) is 8.64. The van der Waals surface area contributed by atoms with E-state index in [0.29, 0.717) is 16.5 Å². The number of primary amides is 3. The van der Waals surface area contributed by atoms with Gasteiger partial charge >= 0.3 is 5.97 Å². The number of carbonyl (C=O) groups excluding carboxylic acids is 11. The van der Waals surface area contributed by atoms with Gasteiger partial charge in [-0.2, -0.15) is 0 Å². The average Bonchev–Trinajstić information content (AvgIpc) is 4.33. The monoisotopic (exact) mass is 1170 g/mol. The fourth-order valence-corrected chi connectivity index (χ4v) is 8.64. The van der Waals surface area contributed by atoms with Gasteiger partial charge in [-0.15, -0.1) is 0 Å². The van der Waals surface area contributed by atoms with Crippen LogP contribution in [0.25, 0.3) is 10.9 Å². The number of carbonyl (C=O) groups is 12. The minimum atomic E-state index is -1.93. The molecule has 0 aliphatic carbocycles. The van der Waals surface area contributed by atoms with Crippen LogP contribution in [0.2, 0.25) is 0 Å². The van der Waals surface area contributed by atoms with E-state index in [1.807, 2.05) is 0 Å². The number of guanidine groups is 2. The Hall–Kier alpha value is -9.18. The third-order valence-corrected chi connectivity index (χ3v) is 13.0. The summed E-state index contributed by atoms with van der Waals surface area (Å²) < 4.78 is 0. The molecule has 0 unspecified atom stereocenters. The first kappa shape index (κ1) is 68.1. The van der Waals surface area contributed by atoms with E-state index in [-0.39, 0.29) is 95.8 Å². The number of fused-ring (bicyclic) bond motifs is 1. The molecule has 0 radical (unpaired) electrons. The maximum absolute atomic E-state index is 14.8. The van der Waals surface area contributed by atoms with Crippen molar-refractivity contribution in [3.05, 3.63) is 36.0 Å². The zero-order chi connectivity index (χ0) is 62.1. The van der Waals surface area contributed by atoms with Gasteiger partial charge in [-0.05, 0) is 69.9 Å². The molecule has 34 nitrogen and oxygen atoms in total. The molecule has 2 heterocycles. The standard InChI is InChI=1S/C49H77N19O15/c1-23(70)38(47(82)83)67-42(77)29(10-5-17-59-49(56)57)63-45(80)34-11-6-18-68(34)46(81)32(19-24-21-60-27-8-3-2-7-25(24)27)65-43(78)31(20-37(53)73)64-44(79)33(22-69)66-40(75)28(9-4-16-58-48(54)55)62-41(76)30(13-15-36(52)72)61-39(74)26(50)12-14-35(51)71/h2-3,7-8,21,23,26,28-34,38,60,69-70H,4-6,9-20,22,50H2,1H3,(H2,51,71)(H2,52,72)(H2,53,73)(H,61,74)(H,62,76)(H,63,80)(H,64,79)(H,65,78)(H,66,75)(H,67,77)(H,82,83)(H4,54,55,58)(H4,56,57,59)/t23-,26+,28+,29+,30+,31+,32+,33+,34+,38+/m1/s1. The molecule has 458 valence electrons. The molecule has 83 heavy (non-hydrogen) atoms. The Kier molecular flexibility index (Phi) is 27.5. The number of likely N-dealkylation sites (tertiary alicyclic amines) is 1. The number of hydrogen-bond donors (Lipinski definition) is 19. The van der Waals surface area contributed by atoms with Gasteiger partial charge in [0.25, 0.3) is 0 Å². The summed E-state index contributed by atoms with van der Waals surface area (Å²) in [6.07, 6.45) is -2.44. The molecule has 1 aliphatic rings. The highest BCUT2D eigenvalue weighted by atomic mass is 16.4. The van der Waals surface area contributed by atoms with Crippen molar-refractivity contribution in [3.8, 4) is 0 Å². The molecule has 0 saturated carbocycles. The van der Waals surface area contributed by atoms with Crippen LogP contribution in [0.1, 0.15) is 83.1 Å². The number of aromatic nitrogens is 1. The number of aliphatic carboxylic acids is 1. The summed E-state index contributed by atoms with van der Waals surface area (Å²) in [7, 11) is 0. The molecule has 1 aromatic heterocycles. The summed E-state index contributed by atoms with van der Waals surface area (Å²) in [6.45, 7) is -0.142. The molecule has 3 rings (SSSR count). The van der Waals surface area contributed by atoms with Gasteiger partial charge in [-0.25, -0.2) is 4.79 Å². The van der Waals surface area contributed by atoms with Gasteiger partial charge in [0, 0.05) is 56.0 Å². The number of H-pyrrole nitrogens is 1. The number of rotatable bonds is 36. The number of para-hydroxylation sites is 1. The van der Waals surface area contributed by atoms with Gasteiger partial charge in [-0.3, -0.25) is 62.7 Å². The summed E-state index contributed by atoms with van der Waals surface area (Å²) >= 11 is 0. The first-order chi connectivity index (χ1) is 39.1. The van der Waals surface area contributed by atoms with E-state index >= 15 is 0 Å². The van der Waals surface area contributed by atoms with Crippen LogP contribution in [0.4, 0.5) is 0 Å². The SMILES string of the molecule is C[C@@H](O)[C@H](NC(=O)[C@H](CCCN=C(N)N)NC(=O)[C@@H]1CCCN1C(=O)[C@H](Cc1c[nH]c2ccccc12)NC(=O)[C@H](CC(N)=O)NC(=O)[C@H](CO)NC(=O)[C@H](CCCN=C(N)N)NC(=O)[C@H](CCC(N)=O)NC(=O)[C@@H](N)CCC(N)=O)C(=O)O. The maximum atomic E-state index is 14.8. The molecule has 10 atom stereocenters. The van der Waals surface area contributed by atoms with Crippen LogP contribution >= 0.6 is 0 Å². The van der Waals surface area contributed by atoms with Gasteiger partial charge < -0.3 is 108 Å². The Labute approximate surface area is 475 Å². The van der Waals surface area contributed by atoms with Gasteiger partial charge in [0.15, 0.2) is 18.0 Å². The van der Waals surface area contributed by atoms with Crippen LogP contribution in [0.3, 0.4) is 0 Å². The molecule has 2 aromatic rings. The maximum Gasteiger partial charge on any atom is 0.328 e. The molecule has 27 N–H and O–H groups in total. The Morgan fingerprint density at radius 2 is 1.13 bits per heavy atom. The molecule has 1 aromatic carbocycles. The zero-order valence-electron chi connectivity index (χ0n) is 45.7. The molecule has 1 saturated heterocycles. The smallest absolute Gasteiger partial charge is 0.328 e. The van der Waals surface area contributed by atoms with Crippen LogP contribution in [-0.4, -0.2) is 195 Å². The second-order valence-electron chi connectivity index (χ2n) is 19.6. The number of benzene rings is 1. The fraction of sp³-hybridized carbons (Fsp3) is 0.551. The highest BCUT2D eigenvalue weighted by Crippen LogP contribution is 2.24. The molecular formula is C49H77N19O15. The molecule has 1 fully saturated rings. The Balaban J connectivity index is 1.95.